The van der Waals surface area contributed by atoms with E-state index in [-0.39, 0.29) is 0 Å². The van der Waals surface area contributed by atoms with Crippen LogP contribution in [-0.2, 0) is 0 Å². The van der Waals surface area contributed by atoms with E-state index in [0.29, 0.717) is 27.7 Å². The molecule has 1 heterocycles. The van der Waals surface area contributed by atoms with Crippen LogP contribution in [0.15, 0.2) is 24.4 Å². The predicted molar refractivity (Wildman–Crippen MR) is 94.7 cm³/mol. The van der Waals surface area contributed by atoms with Crippen molar-refractivity contribution in [2.45, 2.75) is 44.6 Å². The summed E-state index contributed by atoms with van der Waals surface area (Å²) in [6.07, 6.45) is 9.14. The van der Waals surface area contributed by atoms with Gasteiger partial charge in [0.15, 0.2) is 5.82 Å². The Morgan fingerprint density at radius 1 is 1.00 bits per heavy atom. The molecule has 5 nitrogen and oxygen atoms in total. The first-order valence-electron chi connectivity index (χ1n) is 7.89. The first kappa shape index (κ1) is 16.3. The highest BCUT2D eigenvalue weighted by Gasteiger charge is 2.13. The summed E-state index contributed by atoms with van der Waals surface area (Å²) < 4.78 is 0. The lowest BCUT2D eigenvalue weighted by atomic mass is 10.1. The van der Waals surface area contributed by atoms with Crippen LogP contribution in [0.1, 0.15) is 38.5 Å². The van der Waals surface area contributed by atoms with Gasteiger partial charge in [0.2, 0.25) is 5.95 Å². The van der Waals surface area contributed by atoms with Gasteiger partial charge in [-0.3, -0.25) is 0 Å². The van der Waals surface area contributed by atoms with Gasteiger partial charge in [-0.15, -0.1) is 5.10 Å². The van der Waals surface area contributed by atoms with Gasteiger partial charge in [0, 0.05) is 6.04 Å². The van der Waals surface area contributed by atoms with Crippen molar-refractivity contribution in [2.24, 2.45) is 0 Å². The van der Waals surface area contributed by atoms with Crippen LogP contribution >= 0.6 is 23.2 Å². The van der Waals surface area contributed by atoms with Gasteiger partial charge in [-0.1, -0.05) is 55.0 Å². The van der Waals surface area contributed by atoms with E-state index in [1.807, 2.05) is 0 Å². The van der Waals surface area contributed by atoms with E-state index in [4.69, 9.17) is 23.2 Å². The van der Waals surface area contributed by atoms with Gasteiger partial charge in [-0.05, 0) is 25.0 Å². The Kier molecular flexibility index (Phi) is 5.51. The van der Waals surface area contributed by atoms with Crippen LogP contribution < -0.4 is 10.6 Å². The fourth-order valence-corrected chi connectivity index (χ4v) is 3.28. The van der Waals surface area contributed by atoms with Crippen molar-refractivity contribution >= 4 is 40.7 Å². The summed E-state index contributed by atoms with van der Waals surface area (Å²) in [5.74, 6) is 1.09. The molecule has 0 spiro atoms. The Morgan fingerprint density at radius 2 is 1.70 bits per heavy atom. The molecule has 2 N–H and O–H groups in total. The summed E-state index contributed by atoms with van der Waals surface area (Å²) in [4.78, 5) is 4.46. The topological polar surface area (TPSA) is 62.7 Å². The minimum Gasteiger partial charge on any atom is -0.366 e. The molecule has 1 aliphatic rings. The maximum absolute atomic E-state index is 6.15. The van der Waals surface area contributed by atoms with Crippen molar-refractivity contribution in [1.82, 2.24) is 15.2 Å². The van der Waals surface area contributed by atoms with Crippen molar-refractivity contribution in [3.63, 3.8) is 0 Å². The standard InChI is InChI=1S/C16H19Cl2N5/c17-12-8-5-9-13(18)15(12)22-16-21-14(10-19-23-16)20-11-6-3-1-2-4-7-11/h5,8-11H,1-4,6-7H2,(H2,20,21,22,23). The molecule has 0 saturated heterocycles. The van der Waals surface area contributed by atoms with Crippen molar-refractivity contribution < 1.29 is 0 Å². The molecule has 0 atom stereocenters. The number of hydrogen-bond donors (Lipinski definition) is 2. The SMILES string of the molecule is Clc1cccc(Cl)c1Nc1nncc(NC2CCCCCC2)n1. The number of aromatic nitrogens is 3. The van der Waals surface area contributed by atoms with Gasteiger partial charge in [0.25, 0.3) is 0 Å². The largest absolute Gasteiger partial charge is 0.366 e. The summed E-state index contributed by atoms with van der Waals surface area (Å²) in [6.45, 7) is 0. The molecule has 0 unspecified atom stereocenters. The van der Waals surface area contributed by atoms with Crippen molar-refractivity contribution in [3.05, 3.63) is 34.4 Å². The van der Waals surface area contributed by atoms with Crippen LogP contribution in [0.3, 0.4) is 0 Å². The zero-order chi connectivity index (χ0) is 16.1. The van der Waals surface area contributed by atoms with Crippen LogP contribution in [-0.4, -0.2) is 21.2 Å². The lowest BCUT2D eigenvalue weighted by Crippen LogP contribution is -2.19. The van der Waals surface area contributed by atoms with Gasteiger partial charge in [-0.2, -0.15) is 10.1 Å². The van der Waals surface area contributed by atoms with Crippen molar-refractivity contribution in [1.29, 1.82) is 0 Å². The van der Waals surface area contributed by atoms with Crippen LogP contribution in [0.4, 0.5) is 17.5 Å². The molecule has 23 heavy (non-hydrogen) atoms. The fraction of sp³-hybridized carbons (Fsp3) is 0.438. The number of para-hydroxylation sites is 1. The predicted octanol–water partition coefficient (Wildman–Crippen LogP) is 5.06. The second-order valence-corrected chi connectivity index (χ2v) is 6.53. The first-order valence-corrected chi connectivity index (χ1v) is 8.65. The second kappa shape index (κ2) is 7.79. The highest BCUT2D eigenvalue weighted by atomic mass is 35.5. The molecule has 1 saturated carbocycles. The summed E-state index contributed by atoms with van der Waals surface area (Å²) in [7, 11) is 0. The summed E-state index contributed by atoms with van der Waals surface area (Å²) in [6, 6.07) is 5.76. The van der Waals surface area contributed by atoms with Crippen LogP contribution in [0, 0.1) is 0 Å². The summed E-state index contributed by atoms with van der Waals surface area (Å²) in [5, 5.41) is 15.5. The molecule has 1 aromatic carbocycles. The Morgan fingerprint density at radius 3 is 2.39 bits per heavy atom. The van der Waals surface area contributed by atoms with Gasteiger partial charge >= 0.3 is 0 Å². The zero-order valence-corrected chi connectivity index (χ0v) is 14.2. The second-order valence-electron chi connectivity index (χ2n) is 5.72. The molecule has 2 aromatic rings. The van der Waals surface area contributed by atoms with Gasteiger partial charge in [0.05, 0.1) is 21.9 Å². The molecule has 0 radical (unpaired) electrons. The maximum Gasteiger partial charge on any atom is 0.249 e. The van der Waals surface area contributed by atoms with E-state index in [1.165, 1.54) is 38.5 Å². The fourth-order valence-electron chi connectivity index (χ4n) is 2.79. The highest BCUT2D eigenvalue weighted by molar-refractivity contribution is 6.39. The minimum atomic E-state index is 0.374. The third kappa shape index (κ3) is 4.45. The third-order valence-electron chi connectivity index (χ3n) is 3.97. The summed E-state index contributed by atoms with van der Waals surface area (Å²) in [5.41, 5.74) is 0.587. The Balaban J connectivity index is 1.72. The molecule has 0 amide bonds. The van der Waals surface area contributed by atoms with E-state index < -0.39 is 0 Å². The minimum absolute atomic E-state index is 0.374. The van der Waals surface area contributed by atoms with Crippen LogP contribution in [0.25, 0.3) is 0 Å². The normalized spacial score (nSPS) is 15.9. The number of halogens is 2. The van der Waals surface area contributed by atoms with Gasteiger partial charge in [0.1, 0.15) is 0 Å². The number of rotatable bonds is 4. The van der Waals surface area contributed by atoms with Gasteiger partial charge < -0.3 is 10.6 Å². The highest BCUT2D eigenvalue weighted by Crippen LogP contribution is 2.31. The zero-order valence-electron chi connectivity index (χ0n) is 12.7. The van der Waals surface area contributed by atoms with Gasteiger partial charge in [-0.25, -0.2) is 0 Å². The number of benzene rings is 1. The third-order valence-corrected chi connectivity index (χ3v) is 4.60. The van der Waals surface area contributed by atoms with E-state index in [0.717, 1.165) is 5.82 Å². The molecule has 3 rings (SSSR count). The smallest absolute Gasteiger partial charge is 0.249 e. The number of nitrogens with one attached hydrogen (secondary N) is 2. The molecule has 1 aliphatic carbocycles. The summed E-state index contributed by atoms with van der Waals surface area (Å²) >= 11 is 12.3. The molecule has 1 aromatic heterocycles. The Labute approximate surface area is 145 Å². The molecule has 7 heteroatoms. The lowest BCUT2D eigenvalue weighted by molar-refractivity contribution is 0.617. The maximum atomic E-state index is 6.15. The molecule has 122 valence electrons. The Hall–Kier alpha value is -1.59. The van der Waals surface area contributed by atoms with Crippen molar-refractivity contribution in [3.8, 4) is 0 Å². The van der Waals surface area contributed by atoms with E-state index >= 15 is 0 Å². The molecule has 0 aliphatic heterocycles. The number of anilines is 3. The first-order chi connectivity index (χ1) is 11.2. The molecule has 1 fully saturated rings. The molecular formula is C16H19Cl2N5. The number of hydrogen-bond acceptors (Lipinski definition) is 5. The molecular weight excluding hydrogens is 333 g/mol. The Bertz CT molecular complexity index is 636. The van der Waals surface area contributed by atoms with Crippen molar-refractivity contribution in [2.75, 3.05) is 10.6 Å². The van der Waals surface area contributed by atoms with E-state index in [2.05, 4.69) is 25.8 Å². The van der Waals surface area contributed by atoms with E-state index in [9.17, 15) is 0 Å². The van der Waals surface area contributed by atoms with Crippen LogP contribution in [0.5, 0.6) is 0 Å². The van der Waals surface area contributed by atoms with E-state index in [1.54, 1.807) is 24.4 Å². The van der Waals surface area contributed by atoms with Crippen LogP contribution in [0.2, 0.25) is 10.0 Å². The average molecular weight is 352 g/mol. The lowest BCUT2D eigenvalue weighted by Gasteiger charge is -2.17. The average Bonchev–Trinajstić information content (AvgIpc) is 2.80. The monoisotopic (exact) mass is 351 g/mol. The number of nitrogens with zero attached hydrogens (tertiary/aromatic N) is 3. The quantitative estimate of drug-likeness (QED) is 0.754. The molecule has 0 bridgehead atoms.